The van der Waals surface area contributed by atoms with Crippen molar-refractivity contribution in [3.05, 3.63) is 23.8 Å². The summed E-state index contributed by atoms with van der Waals surface area (Å²) in [6.07, 6.45) is -0.600. The van der Waals surface area contributed by atoms with Crippen LogP contribution in [0, 0.1) is 0 Å². The van der Waals surface area contributed by atoms with Crippen LogP contribution in [0.1, 0.15) is 25.5 Å². The molecule has 90 valence electrons. The zero-order chi connectivity index (χ0) is 12.1. The molecule has 1 rings (SSSR count). The molecule has 4 nitrogen and oxygen atoms in total. The van der Waals surface area contributed by atoms with Gasteiger partial charge in [0.25, 0.3) is 0 Å². The smallest absolute Gasteiger partial charge is 0.160 e. The summed E-state index contributed by atoms with van der Waals surface area (Å²) in [6, 6.07) is 5.17. The highest BCUT2D eigenvalue weighted by Gasteiger charge is 2.10. The molecular weight excluding hydrogens is 206 g/mol. The van der Waals surface area contributed by atoms with Crippen molar-refractivity contribution in [2.75, 3.05) is 13.7 Å². The van der Waals surface area contributed by atoms with E-state index in [0.717, 1.165) is 5.56 Å². The second kappa shape index (κ2) is 5.72. The van der Waals surface area contributed by atoms with Crippen LogP contribution in [-0.4, -0.2) is 29.9 Å². The van der Waals surface area contributed by atoms with Gasteiger partial charge in [-0.05, 0) is 17.7 Å². The number of hydrogen-bond acceptors (Lipinski definition) is 4. The van der Waals surface area contributed by atoms with Gasteiger partial charge >= 0.3 is 0 Å². The van der Waals surface area contributed by atoms with Gasteiger partial charge in [0.05, 0.1) is 13.2 Å². The van der Waals surface area contributed by atoms with Gasteiger partial charge in [0.1, 0.15) is 0 Å². The average molecular weight is 225 g/mol. The van der Waals surface area contributed by atoms with Crippen LogP contribution in [0.3, 0.4) is 0 Å². The third-order valence-electron chi connectivity index (χ3n) is 2.31. The normalized spacial score (nSPS) is 12.8. The zero-order valence-corrected chi connectivity index (χ0v) is 9.90. The molecule has 0 aliphatic heterocycles. The molecule has 16 heavy (non-hydrogen) atoms. The molecule has 0 unspecified atom stereocenters. The molecule has 0 radical (unpaired) electrons. The number of aromatic hydroxyl groups is 1. The number of hydrogen-bond donors (Lipinski definition) is 3. The molecule has 1 aromatic rings. The lowest BCUT2D eigenvalue weighted by Gasteiger charge is -2.15. The van der Waals surface area contributed by atoms with E-state index < -0.39 is 6.10 Å². The van der Waals surface area contributed by atoms with Gasteiger partial charge < -0.3 is 20.3 Å². The molecule has 1 aromatic carbocycles. The maximum atomic E-state index is 9.88. The molecule has 4 heteroatoms. The number of methoxy groups -OCH3 is 1. The maximum absolute atomic E-state index is 9.88. The zero-order valence-electron chi connectivity index (χ0n) is 9.90. The van der Waals surface area contributed by atoms with Crippen molar-refractivity contribution in [2.24, 2.45) is 0 Å². The summed E-state index contributed by atoms with van der Waals surface area (Å²) in [5.41, 5.74) is 0.725. The maximum Gasteiger partial charge on any atom is 0.160 e. The van der Waals surface area contributed by atoms with Gasteiger partial charge in [-0.25, -0.2) is 0 Å². The summed E-state index contributed by atoms with van der Waals surface area (Å²) < 4.78 is 4.98. The van der Waals surface area contributed by atoms with Crippen molar-refractivity contribution in [2.45, 2.75) is 26.0 Å². The van der Waals surface area contributed by atoms with Crippen molar-refractivity contribution in [3.8, 4) is 11.5 Å². The molecule has 0 aliphatic carbocycles. The molecule has 0 saturated heterocycles. The van der Waals surface area contributed by atoms with E-state index in [0.29, 0.717) is 18.3 Å². The number of aliphatic hydroxyl groups is 1. The van der Waals surface area contributed by atoms with E-state index >= 15 is 0 Å². The van der Waals surface area contributed by atoms with E-state index in [4.69, 9.17) is 4.74 Å². The Bertz CT molecular complexity index is 339. The molecular formula is C12H19NO3. The molecule has 1 atom stereocenters. The van der Waals surface area contributed by atoms with Crippen LogP contribution < -0.4 is 10.1 Å². The first-order chi connectivity index (χ1) is 7.54. The van der Waals surface area contributed by atoms with Crippen LogP contribution in [0.15, 0.2) is 18.2 Å². The molecule has 0 aliphatic rings. The first kappa shape index (κ1) is 12.8. The van der Waals surface area contributed by atoms with E-state index in [1.165, 1.54) is 13.2 Å². The fourth-order valence-electron chi connectivity index (χ4n) is 1.37. The minimum atomic E-state index is -0.600. The minimum Gasteiger partial charge on any atom is -0.504 e. The number of ether oxygens (including phenoxy) is 1. The van der Waals surface area contributed by atoms with Gasteiger partial charge in [0, 0.05) is 12.6 Å². The van der Waals surface area contributed by atoms with Gasteiger partial charge in [-0.2, -0.15) is 0 Å². The van der Waals surface area contributed by atoms with Crippen molar-refractivity contribution >= 4 is 0 Å². The highest BCUT2D eigenvalue weighted by Crippen LogP contribution is 2.28. The third-order valence-corrected chi connectivity index (χ3v) is 2.31. The van der Waals surface area contributed by atoms with Crippen molar-refractivity contribution in [1.29, 1.82) is 0 Å². The minimum absolute atomic E-state index is 0.0790. The number of rotatable bonds is 5. The second-order valence-electron chi connectivity index (χ2n) is 4.01. The molecule has 0 heterocycles. The Hall–Kier alpha value is -1.26. The number of phenols is 1. The second-order valence-corrected chi connectivity index (χ2v) is 4.01. The number of nitrogens with one attached hydrogen (secondary N) is 1. The van der Waals surface area contributed by atoms with Gasteiger partial charge in [0.15, 0.2) is 11.5 Å². The number of phenolic OH excluding ortho intramolecular Hbond substituents is 1. The van der Waals surface area contributed by atoms with Crippen LogP contribution in [0.25, 0.3) is 0 Å². The Kier molecular flexibility index (Phi) is 4.58. The SMILES string of the molecule is COc1cc([C@H](O)CNC(C)C)ccc1O. The number of aliphatic hydroxyl groups excluding tert-OH is 1. The van der Waals surface area contributed by atoms with Gasteiger partial charge in [-0.3, -0.25) is 0 Å². The Morgan fingerprint density at radius 3 is 2.62 bits per heavy atom. The van der Waals surface area contributed by atoms with Crippen LogP contribution in [-0.2, 0) is 0 Å². The van der Waals surface area contributed by atoms with E-state index in [9.17, 15) is 10.2 Å². The van der Waals surface area contributed by atoms with Crippen molar-refractivity contribution < 1.29 is 14.9 Å². The summed E-state index contributed by atoms with van der Waals surface area (Å²) in [4.78, 5) is 0. The standard InChI is InChI=1S/C12H19NO3/c1-8(2)13-7-11(15)9-4-5-10(14)12(6-9)16-3/h4-6,8,11,13-15H,7H2,1-3H3/t11-/m1/s1. The van der Waals surface area contributed by atoms with Crippen LogP contribution in [0.4, 0.5) is 0 Å². The van der Waals surface area contributed by atoms with E-state index in [1.54, 1.807) is 12.1 Å². The average Bonchev–Trinajstić information content (AvgIpc) is 2.26. The lowest BCUT2D eigenvalue weighted by molar-refractivity contribution is 0.171. The monoisotopic (exact) mass is 225 g/mol. The fourth-order valence-corrected chi connectivity index (χ4v) is 1.37. The molecule has 3 N–H and O–H groups in total. The van der Waals surface area contributed by atoms with Crippen LogP contribution in [0.5, 0.6) is 11.5 Å². The summed E-state index contributed by atoms with van der Waals surface area (Å²) in [5, 5.41) is 22.4. The van der Waals surface area contributed by atoms with Crippen molar-refractivity contribution in [3.63, 3.8) is 0 Å². The number of benzene rings is 1. The summed E-state index contributed by atoms with van der Waals surface area (Å²) >= 11 is 0. The molecule has 0 amide bonds. The Balaban J connectivity index is 2.72. The predicted molar refractivity (Wildman–Crippen MR) is 62.8 cm³/mol. The first-order valence-electron chi connectivity index (χ1n) is 5.33. The van der Waals surface area contributed by atoms with Gasteiger partial charge in [0.2, 0.25) is 0 Å². The summed E-state index contributed by atoms with van der Waals surface area (Å²) in [6.45, 7) is 4.51. The first-order valence-corrected chi connectivity index (χ1v) is 5.33. The molecule has 0 fully saturated rings. The molecule has 0 spiro atoms. The van der Waals surface area contributed by atoms with Crippen LogP contribution >= 0.6 is 0 Å². The third kappa shape index (κ3) is 3.40. The van der Waals surface area contributed by atoms with E-state index in [1.807, 2.05) is 13.8 Å². The molecule has 0 saturated carbocycles. The Morgan fingerprint density at radius 2 is 2.06 bits per heavy atom. The highest BCUT2D eigenvalue weighted by molar-refractivity contribution is 5.42. The van der Waals surface area contributed by atoms with Gasteiger partial charge in [-0.15, -0.1) is 0 Å². The largest absolute Gasteiger partial charge is 0.504 e. The van der Waals surface area contributed by atoms with Gasteiger partial charge in [-0.1, -0.05) is 19.9 Å². The molecule has 0 bridgehead atoms. The molecule has 0 aromatic heterocycles. The van der Waals surface area contributed by atoms with E-state index in [2.05, 4.69) is 5.32 Å². The topological polar surface area (TPSA) is 61.7 Å². The predicted octanol–water partition coefficient (Wildman–Crippen LogP) is 1.43. The Morgan fingerprint density at radius 1 is 1.38 bits per heavy atom. The van der Waals surface area contributed by atoms with Crippen molar-refractivity contribution in [1.82, 2.24) is 5.32 Å². The summed E-state index contributed by atoms with van der Waals surface area (Å²) in [5.74, 6) is 0.455. The lowest BCUT2D eigenvalue weighted by atomic mass is 10.1. The lowest BCUT2D eigenvalue weighted by Crippen LogP contribution is -2.27. The van der Waals surface area contributed by atoms with Crippen LogP contribution in [0.2, 0.25) is 0 Å². The Labute approximate surface area is 95.9 Å². The fraction of sp³-hybridized carbons (Fsp3) is 0.500. The van der Waals surface area contributed by atoms with E-state index in [-0.39, 0.29) is 5.75 Å². The quantitative estimate of drug-likeness (QED) is 0.709. The summed E-state index contributed by atoms with van der Waals surface area (Å²) in [7, 11) is 1.48. The highest BCUT2D eigenvalue weighted by atomic mass is 16.5.